The maximum atomic E-state index is 12.8. The summed E-state index contributed by atoms with van der Waals surface area (Å²) in [6.07, 6.45) is 8.59. The van der Waals surface area contributed by atoms with Crippen LogP contribution < -0.4 is 21.5 Å². The first kappa shape index (κ1) is 45.1. The lowest BCUT2D eigenvalue weighted by molar-refractivity contribution is -0.259. The molecular formula is C45H68N8O5. The minimum atomic E-state index is -0.702. The number of rotatable bonds is 14. The van der Waals surface area contributed by atoms with E-state index in [2.05, 4.69) is 75.8 Å². The van der Waals surface area contributed by atoms with E-state index in [0.29, 0.717) is 30.6 Å². The lowest BCUT2D eigenvalue weighted by Gasteiger charge is -2.36. The van der Waals surface area contributed by atoms with Gasteiger partial charge in [0.2, 0.25) is 0 Å². The van der Waals surface area contributed by atoms with Crippen LogP contribution in [0.15, 0.2) is 47.4 Å². The maximum absolute atomic E-state index is 12.8. The molecule has 2 saturated heterocycles. The number of nitrogens with zero attached hydrogens (tertiary/aromatic N) is 5. The second kappa shape index (κ2) is 20.8. The molecule has 1 aliphatic carbocycles. The van der Waals surface area contributed by atoms with Crippen LogP contribution in [0.5, 0.6) is 0 Å². The summed E-state index contributed by atoms with van der Waals surface area (Å²) in [5.74, 6) is 0. The molecule has 13 heteroatoms. The monoisotopic (exact) mass is 801 g/mol. The summed E-state index contributed by atoms with van der Waals surface area (Å²) in [4.78, 5) is 42.2. The number of nitrogens with one attached hydrogen (secondary N) is 2. The topological polar surface area (TPSA) is 154 Å². The Morgan fingerprint density at radius 2 is 1.81 bits per heavy atom. The first-order valence-electron chi connectivity index (χ1n) is 21.3. The molecule has 13 nitrogen and oxygen atoms in total. The minimum absolute atomic E-state index is 0.155. The molecule has 3 aliphatic rings. The lowest BCUT2D eigenvalue weighted by atomic mass is 9.84. The molecule has 0 amide bonds. The number of hydrazine groups is 1. The van der Waals surface area contributed by atoms with Gasteiger partial charge in [-0.15, -0.1) is 0 Å². The van der Waals surface area contributed by atoms with Crippen LogP contribution in [-0.2, 0) is 33.8 Å². The van der Waals surface area contributed by atoms with Crippen molar-refractivity contribution in [3.63, 3.8) is 0 Å². The van der Waals surface area contributed by atoms with Crippen LogP contribution in [0.25, 0.3) is 33.4 Å². The number of fused-ring (bicyclic) bond motifs is 1. The molecule has 0 bridgehead atoms. The number of carbonyl (C=O) groups excluding carboxylic acids is 1. The largest absolute Gasteiger partial charge is 0.375 e. The van der Waals surface area contributed by atoms with Crippen molar-refractivity contribution in [3.8, 4) is 22.5 Å². The molecule has 1 aromatic carbocycles. The number of ether oxygens (including phenoxy) is 1. The fourth-order valence-electron chi connectivity index (χ4n) is 8.15. The molecule has 1 saturated carbocycles. The Morgan fingerprint density at radius 3 is 2.40 bits per heavy atom. The molecule has 3 fully saturated rings. The molecule has 2 atom stereocenters. The van der Waals surface area contributed by atoms with E-state index in [0.717, 1.165) is 83.4 Å². The number of piperazine rings is 1. The third-order valence-corrected chi connectivity index (χ3v) is 11.4. The highest BCUT2D eigenvalue weighted by Gasteiger charge is 2.33. The van der Waals surface area contributed by atoms with E-state index in [-0.39, 0.29) is 24.6 Å². The fraction of sp³-hybridized carbons (Fsp3) is 0.578. The van der Waals surface area contributed by atoms with Crippen LogP contribution in [-0.4, -0.2) is 108 Å². The Morgan fingerprint density at radius 1 is 1.07 bits per heavy atom. The Hall–Kier alpha value is -3.95. The van der Waals surface area contributed by atoms with E-state index >= 15 is 0 Å². The quantitative estimate of drug-likeness (QED) is 0.0633. The van der Waals surface area contributed by atoms with Gasteiger partial charge in [-0.2, -0.15) is 0 Å². The summed E-state index contributed by atoms with van der Waals surface area (Å²) in [6.45, 7) is 19.6. The predicted octanol–water partition coefficient (Wildman–Crippen LogP) is 6.44. The number of pyridine rings is 2. The highest BCUT2D eigenvalue weighted by atomic mass is 17.1. The minimum Gasteiger partial charge on any atom is -0.375 e. The molecule has 5 heterocycles. The van der Waals surface area contributed by atoms with Crippen LogP contribution in [0.1, 0.15) is 90.3 Å². The molecule has 4 aromatic rings. The molecule has 2 unspecified atom stereocenters. The molecule has 0 radical (unpaired) electrons. The zero-order chi connectivity index (χ0) is 42.0. The first-order valence-corrected chi connectivity index (χ1v) is 21.3. The SMILES string of the molecule is CC.CCn1c(-c2cc(N3CCN(C4CC4)CC3)cnc2C(C)OC)c(CC(C)(C)COO)c2cc(-c3cc(=O)cc(CC(N)C=O)[nH]3)ccc21.CN1CCCCN1. The van der Waals surface area contributed by atoms with Gasteiger partial charge in [0.1, 0.15) is 6.29 Å². The number of hydrogen-bond acceptors (Lipinski definition) is 11. The smallest absolute Gasteiger partial charge is 0.182 e. The zero-order valence-corrected chi connectivity index (χ0v) is 36.1. The van der Waals surface area contributed by atoms with Crippen molar-refractivity contribution >= 4 is 22.9 Å². The Labute approximate surface area is 344 Å². The van der Waals surface area contributed by atoms with Crippen LogP contribution in [0.2, 0.25) is 0 Å². The van der Waals surface area contributed by atoms with Gasteiger partial charge in [0.05, 0.1) is 42.0 Å². The fourth-order valence-corrected chi connectivity index (χ4v) is 8.15. The Bertz CT molecular complexity index is 1990. The molecular weight excluding hydrogens is 733 g/mol. The van der Waals surface area contributed by atoms with E-state index in [9.17, 15) is 14.8 Å². The Balaban J connectivity index is 0.000000636. The van der Waals surface area contributed by atoms with Gasteiger partial charge in [-0.3, -0.25) is 25.4 Å². The molecule has 0 spiro atoms. The number of aromatic nitrogens is 3. The van der Waals surface area contributed by atoms with E-state index in [1.54, 1.807) is 13.2 Å². The van der Waals surface area contributed by atoms with Gasteiger partial charge in [-0.25, -0.2) is 9.90 Å². The number of hydrogen-bond donors (Lipinski definition) is 4. The number of methoxy groups -OCH3 is 1. The van der Waals surface area contributed by atoms with Crippen molar-refractivity contribution < 1.29 is 19.7 Å². The standard InChI is InChI=1S/C38H50N6O5.C5H12N2.C2H6/c1-6-44-35-10-7-25(34-19-30(46)17-27(41-34)16-26(39)22-45)15-31(35)33(20-38(3,4)23-49-47)37(44)32-18-29(21-40-36(32)24(2)48-5)43-13-11-42(12-14-43)28-8-9-28;1-7-5-3-2-4-6-7;1-2/h7,10,15,17-19,21-22,24,26,28,47H,6,8-9,11-14,16,20,23,39H2,1-5H3,(H,41,46);6H,2-5H2,1H3;1-2H3. The summed E-state index contributed by atoms with van der Waals surface area (Å²) >= 11 is 0. The summed E-state index contributed by atoms with van der Waals surface area (Å²) in [7, 11) is 3.79. The Kier molecular flexibility index (Phi) is 16.2. The molecule has 2 aliphatic heterocycles. The van der Waals surface area contributed by atoms with Crippen molar-refractivity contribution in [3.05, 3.63) is 69.8 Å². The maximum Gasteiger partial charge on any atom is 0.182 e. The third-order valence-electron chi connectivity index (χ3n) is 11.4. The van der Waals surface area contributed by atoms with Crippen LogP contribution in [0, 0.1) is 5.41 Å². The summed E-state index contributed by atoms with van der Waals surface area (Å²) in [5.41, 5.74) is 16.8. The van der Waals surface area contributed by atoms with Crippen molar-refractivity contribution in [2.75, 3.05) is 64.9 Å². The molecule has 3 aromatic heterocycles. The van der Waals surface area contributed by atoms with Gasteiger partial charge in [0.15, 0.2) is 5.43 Å². The van der Waals surface area contributed by atoms with Gasteiger partial charge in [-0.05, 0) is 80.7 Å². The summed E-state index contributed by atoms with van der Waals surface area (Å²) in [6, 6.07) is 11.6. The van der Waals surface area contributed by atoms with E-state index in [1.807, 2.05) is 33.0 Å². The highest BCUT2D eigenvalue weighted by molar-refractivity contribution is 5.95. The zero-order valence-electron chi connectivity index (χ0n) is 36.1. The van der Waals surface area contributed by atoms with Crippen LogP contribution in [0.4, 0.5) is 5.69 Å². The van der Waals surface area contributed by atoms with Gasteiger partial charge < -0.3 is 29.7 Å². The van der Waals surface area contributed by atoms with E-state index in [1.165, 1.54) is 38.3 Å². The van der Waals surface area contributed by atoms with Gasteiger partial charge in [0, 0.05) is 112 Å². The number of aryl methyl sites for hydroxylation is 1. The molecule has 58 heavy (non-hydrogen) atoms. The van der Waals surface area contributed by atoms with Crippen LogP contribution >= 0.6 is 0 Å². The number of anilines is 1. The van der Waals surface area contributed by atoms with E-state index < -0.39 is 11.5 Å². The molecule has 7 rings (SSSR count). The number of benzene rings is 1. The average molecular weight is 801 g/mol. The van der Waals surface area contributed by atoms with Crippen molar-refractivity contribution in [1.29, 1.82) is 0 Å². The number of aromatic amines is 1. The van der Waals surface area contributed by atoms with Gasteiger partial charge in [0.25, 0.3) is 0 Å². The van der Waals surface area contributed by atoms with Crippen molar-refractivity contribution in [2.45, 2.75) is 105 Å². The number of aldehydes is 1. The summed E-state index contributed by atoms with van der Waals surface area (Å²) in [5, 5.41) is 12.7. The second-order valence-electron chi connectivity index (χ2n) is 16.5. The predicted molar refractivity (Wildman–Crippen MR) is 234 cm³/mol. The van der Waals surface area contributed by atoms with Gasteiger partial charge in [-0.1, -0.05) is 33.8 Å². The first-order chi connectivity index (χ1) is 27.9. The number of nitrogens with two attached hydrogens (primary N) is 1. The normalized spacial score (nSPS) is 17.6. The van der Waals surface area contributed by atoms with Crippen molar-refractivity contribution in [1.82, 2.24) is 29.9 Å². The van der Waals surface area contributed by atoms with Gasteiger partial charge >= 0.3 is 0 Å². The molecule has 5 N–H and O–H groups in total. The second-order valence-corrected chi connectivity index (χ2v) is 16.5. The number of H-pyrrole nitrogens is 1. The third kappa shape index (κ3) is 11.2. The van der Waals surface area contributed by atoms with Crippen molar-refractivity contribution in [2.24, 2.45) is 11.1 Å². The average Bonchev–Trinajstić information content (AvgIpc) is 4.04. The lowest BCUT2D eigenvalue weighted by Crippen LogP contribution is -2.47. The highest BCUT2D eigenvalue weighted by Crippen LogP contribution is 2.43. The van der Waals surface area contributed by atoms with Crippen LogP contribution in [0.3, 0.4) is 0 Å². The van der Waals surface area contributed by atoms with E-state index in [4.69, 9.17) is 20.3 Å². The summed E-state index contributed by atoms with van der Waals surface area (Å²) < 4.78 is 8.22. The number of carbonyl (C=O) groups is 1. The molecule has 318 valence electrons.